The van der Waals surface area contributed by atoms with Crippen molar-refractivity contribution in [3.8, 4) is 0 Å². The first kappa shape index (κ1) is 58.4. The Morgan fingerprint density at radius 1 is 0.647 bits per heavy atom. The number of rotatable bonds is 3. The second-order valence-corrected chi connectivity index (χ2v) is 5.23. The van der Waals surface area contributed by atoms with E-state index in [0.717, 1.165) is 14.2 Å². The Morgan fingerprint density at radius 3 is 1.15 bits per heavy atom. The average Bonchev–Trinajstić information content (AvgIpc) is 3.52. The maximum absolute atomic E-state index is 7.50. The summed E-state index contributed by atoms with van der Waals surface area (Å²) in [6.07, 6.45) is 10.0. The van der Waals surface area contributed by atoms with Gasteiger partial charge in [-0.3, -0.25) is 0 Å². The zero-order valence-electron chi connectivity index (χ0n) is 18.2. The second kappa shape index (κ2) is 77.1. The molecular weight excluding hydrogens is 671 g/mol. The fourth-order valence-electron chi connectivity index (χ4n) is 1.17. The summed E-state index contributed by atoms with van der Waals surface area (Å²) in [5, 5.41) is 1.38. The molecule has 1 unspecified atom stereocenters. The third kappa shape index (κ3) is 63.2. The number of hydrogen-bond donors (Lipinski definition) is 0. The Hall–Kier alpha value is -1.48. The van der Waals surface area contributed by atoms with E-state index in [4.69, 9.17) is 32.6 Å². The van der Waals surface area contributed by atoms with E-state index < -0.39 is 0 Å². The van der Waals surface area contributed by atoms with Crippen molar-refractivity contribution in [1.29, 1.82) is 0 Å². The van der Waals surface area contributed by atoms with Crippen molar-refractivity contribution in [3.05, 3.63) is 133 Å². The molecule has 10 heteroatoms. The molecule has 34 heavy (non-hydrogen) atoms. The summed E-state index contributed by atoms with van der Waals surface area (Å²) in [5.41, 5.74) is 2.45. The van der Waals surface area contributed by atoms with E-state index >= 15 is 0 Å². The molecule has 0 aromatic heterocycles. The molecule has 0 saturated heterocycles. The molecule has 0 aliphatic heterocycles. The normalized spacial score (nSPS) is 8.65. The Morgan fingerprint density at radius 2 is 0.912 bits per heavy atom. The number of benzene rings is 1. The molecule has 7 nitrogen and oxygen atoms in total. The minimum Gasteiger partial charge on any atom is -0.0312 e. The molecule has 1 aromatic carbocycles. The third-order valence-corrected chi connectivity index (χ3v) is 3.70. The van der Waals surface area contributed by atoms with Gasteiger partial charge in [0, 0.05) is 38.1 Å². The maximum Gasteiger partial charge on any atom is 0 e. The van der Waals surface area contributed by atoms with Crippen LogP contribution in [0.25, 0.3) is 0 Å². The molecule has 1 atom stereocenters. The Bertz CT molecular complexity index is 606. The first-order valence-corrected chi connectivity index (χ1v) is 8.51. The van der Waals surface area contributed by atoms with Gasteiger partial charge in [-0.15, -0.1) is 0 Å². The van der Waals surface area contributed by atoms with Crippen LogP contribution in [0.5, 0.6) is 0 Å². The molecule has 0 spiro atoms. The van der Waals surface area contributed by atoms with Crippen LogP contribution in [0.15, 0.2) is 53.9 Å². The van der Waals surface area contributed by atoms with Crippen LogP contribution in [0.4, 0.5) is 0 Å². The van der Waals surface area contributed by atoms with Crippen molar-refractivity contribution in [2.45, 2.75) is 13.8 Å². The predicted octanol–water partition coefficient (Wildman–Crippen LogP) is 4.22. The zero-order chi connectivity index (χ0) is 27.2. The second-order valence-electron chi connectivity index (χ2n) is 4.08. The van der Waals surface area contributed by atoms with Crippen LogP contribution in [-0.2, 0) is 70.7 Å². The fourth-order valence-corrected chi connectivity index (χ4v) is 2.18. The molecule has 0 heterocycles. The van der Waals surface area contributed by atoms with Crippen LogP contribution in [0.3, 0.4) is 0 Å². The van der Waals surface area contributed by atoms with Crippen molar-refractivity contribution >= 4 is 13.9 Å². The largest absolute Gasteiger partial charge is 0.0312 e. The Labute approximate surface area is 230 Å². The molecule has 5 radical (unpaired) electrons. The Kier molecular flexibility index (Phi) is 132. The minimum atomic E-state index is 0. The van der Waals surface area contributed by atoms with E-state index in [9.17, 15) is 0 Å². The van der Waals surface area contributed by atoms with Gasteiger partial charge in [-0.05, 0) is 56.8 Å². The van der Waals surface area contributed by atoms with Gasteiger partial charge in [-0.25, -0.2) is 0 Å². The topological polar surface area (TPSA) is 139 Å². The van der Waals surface area contributed by atoms with Gasteiger partial charge in [-0.1, -0.05) is 56.9 Å². The van der Waals surface area contributed by atoms with Gasteiger partial charge in [0.15, 0.2) is 0 Å². The fraction of sp³-hybridized carbons (Fsp3) is 0.0833. The minimum absolute atomic E-state index is 0. The molecule has 0 amide bonds. The predicted molar refractivity (Wildman–Crippen MR) is 112 cm³/mol. The quantitative estimate of drug-likeness (QED) is 0.147. The maximum atomic E-state index is 7.50. The smallest absolute Gasteiger partial charge is 0 e. The van der Waals surface area contributed by atoms with Gasteiger partial charge < -0.3 is 0 Å². The number of allylic oxidation sites excluding steroid dienone is 2. The van der Waals surface area contributed by atoms with Crippen molar-refractivity contribution < 1.29 is 70.7 Å². The van der Waals surface area contributed by atoms with Crippen LogP contribution < -0.4 is 5.30 Å². The van der Waals surface area contributed by atoms with Gasteiger partial charge in [0.05, 0.1) is 0 Å². The molecule has 1 aliphatic rings. The molecular formula is C24H20FeO7PW. The summed E-state index contributed by atoms with van der Waals surface area (Å²) in [4.78, 5) is 0. The SMILES string of the molecule is C=C(C)/C(C)=C/Pc1ccccc1.[C-]#[O+].[C-]#[O+].[C-]#[O+].[C-]#[O+].[C-]#[O+].[C-]#[O+].[C-]#[O+].[CH]1[CH][CH][CH][CH]1.[Fe].[W]. The molecule has 0 N–H and O–H groups in total. The summed E-state index contributed by atoms with van der Waals surface area (Å²) >= 11 is 0. The van der Waals surface area contributed by atoms with Crippen LogP contribution in [0.2, 0.25) is 0 Å². The van der Waals surface area contributed by atoms with Gasteiger partial charge in [0.2, 0.25) is 0 Å². The van der Waals surface area contributed by atoms with Gasteiger partial charge in [-0.2, -0.15) is 0 Å². The van der Waals surface area contributed by atoms with Gasteiger partial charge in [0.1, 0.15) is 0 Å². The van der Waals surface area contributed by atoms with E-state index in [-0.39, 0.29) is 38.1 Å². The van der Waals surface area contributed by atoms with Crippen LogP contribution in [0.1, 0.15) is 13.8 Å². The summed E-state index contributed by atoms with van der Waals surface area (Å²) in [5.74, 6) is 2.25. The van der Waals surface area contributed by atoms with Gasteiger partial charge in [0.25, 0.3) is 0 Å². The van der Waals surface area contributed by atoms with Gasteiger partial charge >= 0.3 is 79.1 Å². The van der Waals surface area contributed by atoms with E-state index in [2.05, 4.69) is 90.1 Å². The Balaban J connectivity index is -0.0000000361. The standard InChI is InChI=1S/C12H15P.C5H5.7CO.Fe.W/c1-10(2)11(3)9-13-12-7-5-4-6-8-12;1-2-4-5-3-1;7*1-2;;/h4-9,13H,1H2,2-3H3;1-5H;;;;;;;;;/b11-9+;;;;;;;;;;. The van der Waals surface area contributed by atoms with Crippen molar-refractivity contribution in [2.24, 2.45) is 0 Å². The number of hydrogen-bond acceptors (Lipinski definition) is 0. The molecule has 1 aromatic rings. The summed E-state index contributed by atoms with van der Waals surface area (Å²) < 4.78 is 52.5. The molecule has 1 aliphatic carbocycles. The third-order valence-electron chi connectivity index (χ3n) is 2.46. The van der Waals surface area contributed by atoms with Crippen molar-refractivity contribution in [1.82, 2.24) is 0 Å². The first-order valence-electron chi connectivity index (χ1n) is 7.44. The zero-order valence-corrected chi connectivity index (χ0v) is 23.2. The van der Waals surface area contributed by atoms with E-state index in [0.29, 0.717) is 0 Å². The van der Waals surface area contributed by atoms with E-state index in [1.807, 2.05) is 45.1 Å². The van der Waals surface area contributed by atoms with Crippen molar-refractivity contribution in [2.75, 3.05) is 0 Å². The first-order chi connectivity index (χ1) is 15.7. The van der Waals surface area contributed by atoms with Crippen LogP contribution in [0, 0.1) is 78.7 Å². The molecule has 1 fully saturated rings. The van der Waals surface area contributed by atoms with E-state index in [1.54, 1.807) is 0 Å². The summed E-state index contributed by atoms with van der Waals surface area (Å²) in [6.45, 7) is 39.6. The summed E-state index contributed by atoms with van der Waals surface area (Å²) in [6, 6.07) is 10.5. The summed E-state index contributed by atoms with van der Waals surface area (Å²) in [7, 11) is 0.755. The molecule has 1 saturated carbocycles. The molecule has 0 bridgehead atoms. The average molecular weight is 691 g/mol. The monoisotopic (exact) mass is 691 g/mol. The molecule has 177 valence electrons. The van der Waals surface area contributed by atoms with Crippen LogP contribution >= 0.6 is 8.58 Å². The van der Waals surface area contributed by atoms with E-state index in [1.165, 1.54) is 10.9 Å². The van der Waals surface area contributed by atoms with Crippen molar-refractivity contribution in [3.63, 3.8) is 0 Å². The molecule has 2 rings (SSSR count). The van der Waals surface area contributed by atoms with Crippen LogP contribution in [-0.4, -0.2) is 0 Å².